The van der Waals surface area contributed by atoms with E-state index in [0.29, 0.717) is 23.4 Å². The van der Waals surface area contributed by atoms with Gasteiger partial charge >= 0.3 is 6.18 Å². The zero-order valence-corrected chi connectivity index (χ0v) is 11.3. The van der Waals surface area contributed by atoms with E-state index in [1.807, 2.05) is 0 Å². The molecule has 0 bridgehead atoms. The van der Waals surface area contributed by atoms with Crippen LogP contribution in [0.3, 0.4) is 0 Å². The van der Waals surface area contributed by atoms with E-state index in [9.17, 15) is 18.3 Å². The summed E-state index contributed by atoms with van der Waals surface area (Å²) in [5.74, 6) is 0.705. The van der Waals surface area contributed by atoms with Crippen LogP contribution in [0.1, 0.15) is 30.3 Å². The first-order chi connectivity index (χ1) is 10.0. The molecule has 1 fully saturated rings. The molecule has 1 unspecified atom stereocenters. The predicted molar refractivity (Wildman–Crippen MR) is 71.8 cm³/mol. The molecule has 114 valence electrons. The average Bonchev–Trinajstić information content (AvgIpc) is 3.05. The first-order valence-electron chi connectivity index (χ1n) is 6.92. The van der Waals surface area contributed by atoms with Crippen molar-refractivity contribution in [2.24, 2.45) is 0 Å². The summed E-state index contributed by atoms with van der Waals surface area (Å²) in [6, 6.07) is 3.60. The van der Waals surface area contributed by atoms with Gasteiger partial charge < -0.3 is 15.0 Å². The highest BCUT2D eigenvalue weighted by atomic mass is 19.4. The number of nitrogens with one attached hydrogen (secondary N) is 1. The van der Waals surface area contributed by atoms with Crippen molar-refractivity contribution in [2.45, 2.75) is 31.6 Å². The Balaban J connectivity index is 2.11. The molecule has 0 radical (unpaired) electrons. The molecule has 3 rings (SSSR count). The van der Waals surface area contributed by atoms with Crippen LogP contribution in [0, 0.1) is 0 Å². The van der Waals surface area contributed by atoms with Crippen molar-refractivity contribution >= 4 is 11.0 Å². The Labute approximate surface area is 119 Å². The maximum atomic E-state index is 12.8. The van der Waals surface area contributed by atoms with Crippen LogP contribution >= 0.6 is 0 Å². The summed E-state index contributed by atoms with van der Waals surface area (Å²) >= 11 is 0. The monoisotopic (exact) mass is 299 g/mol. The highest BCUT2D eigenvalue weighted by Crippen LogP contribution is 2.33. The van der Waals surface area contributed by atoms with Crippen LogP contribution in [0.15, 0.2) is 18.2 Å². The molecule has 2 heterocycles. The summed E-state index contributed by atoms with van der Waals surface area (Å²) in [6.07, 6.45) is -2.46. The van der Waals surface area contributed by atoms with Gasteiger partial charge in [0.05, 0.1) is 29.2 Å². The van der Waals surface area contributed by atoms with Crippen molar-refractivity contribution in [3.8, 4) is 0 Å². The second-order valence-electron chi connectivity index (χ2n) is 5.20. The number of rotatable bonds is 3. The van der Waals surface area contributed by atoms with E-state index >= 15 is 0 Å². The van der Waals surface area contributed by atoms with Gasteiger partial charge in [-0.25, -0.2) is 4.98 Å². The summed E-state index contributed by atoms with van der Waals surface area (Å²) in [6.45, 7) is 1.13. The fourth-order valence-electron chi connectivity index (χ4n) is 2.83. The van der Waals surface area contributed by atoms with Gasteiger partial charge in [-0.3, -0.25) is 0 Å². The van der Waals surface area contributed by atoms with Crippen LogP contribution in [-0.4, -0.2) is 27.8 Å². The molecular weight excluding hydrogens is 283 g/mol. The number of hydrogen-bond donors (Lipinski definition) is 2. The molecule has 1 saturated heterocycles. The number of aliphatic hydroxyl groups is 1. The SMILES string of the molecule is OCCn1c(C2CCCN2)nc2cc(C(F)(F)F)ccc21. The van der Waals surface area contributed by atoms with Crippen LogP contribution in [0.5, 0.6) is 0 Å². The minimum atomic E-state index is -4.37. The van der Waals surface area contributed by atoms with E-state index in [4.69, 9.17) is 0 Å². The van der Waals surface area contributed by atoms with Crippen molar-refractivity contribution in [3.63, 3.8) is 0 Å². The van der Waals surface area contributed by atoms with Gasteiger partial charge in [0.25, 0.3) is 0 Å². The number of halogens is 3. The zero-order chi connectivity index (χ0) is 15.0. The molecule has 0 saturated carbocycles. The van der Waals surface area contributed by atoms with Gasteiger partial charge in [-0.05, 0) is 37.6 Å². The van der Waals surface area contributed by atoms with Gasteiger partial charge in [0.15, 0.2) is 0 Å². The maximum Gasteiger partial charge on any atom is 0.416 e. The van der Waals surface area contributed by atoms with Crippen LogP contribution in [0.25, 0.3) is 11.0 Å². The first-order valence-corrected chi connectivity index (χ1v) is 6.92. The summed E-state index contributed by atoms with van der Waals surface area (Å²) in [5.41, 5.74) is 0.248. The van der Waals surface area contributed by atoms with Gasteiger partial charge in [-0.2, -0.15) is 13.2 Å². The molecule has 0 spiro atoms. The highest BCUT2D eigenvalue weighted by molar-refractivity contribution is 5.77. The van der Waals surface area contributed by atoms with E-state index in [1.165, 1.54) is 6.07 Å². The maximum absolute atomic E-state index is 12.8. The molecule has 4 nitrogen and oxygen atoms in total. The van der Waals surface area contributed by atoms with Crippen molar-refractivity contribution in [3.05, 3.63) is 29.6 Å². The second-order valence-corrected chi connectivity index (χ2v) is 5.20. The van der Waals surface area contributed by atoms with Crippen LogP contribution in [-0.2, 0) is 12.7 Å². The van der Waals surface area contributed by atoms with Crippen molar-refractivity contribution in [2.75, 3.05) is 13.2 Å². The molecule has 1 aliphatic rings. The topological polar surface area (TPSA) is 50.1 Å². The second kappa shape index (κ2) is 5.31. The van der Waals surface area contributed by atoms with E-state index in [-0.39, 0.29) is 12.6 Å². The Kier molecular flexibility index (Phi) is 3.62. The van der Waals surface area contributed by atoms with Crippen molar-refractivity contribution in [1.29, 1.82) is 0 Å². The van der Waals surface area contributed by atoms with Gasteiger partial charge in [-0.15, -0.1) is 0 Å². The van der Waals surface area contributed by atoms with Gasteiger partial charge in [0.1, 0.15) is 5.82 Å². The van der Waals surface area contributed by atoms with Crippen molar-refractivity contribution < 1.29 is 18.3 Å². The van der Waals surface area contributed by atoms with Gasteiger partial charge in [0.2, 0.25) is 0 Å². The first kappa shape index (κ1) is 14.3. The number of hydrogen-bond acceptors (Lipinski definition) is 3. The third kappa shape index (κ3) is 2.63. The van der Waals surface area contributed by atoms with Crippen LogP contribution in [0.2, 0.25) is 0 Å². The quantitative estimate of drug-likeness (QED) is 0.915. The molecule has 1 aromatic carbocycles. The lowest BCUT2D eigenvalue weighted by atomic mass is 10.2. The molecular formula is C14H16F3N3O. The average molecular weight is 299 g/mol. The minimum Gasteiger partial charge on any atom is -0.395 e. The molecule has 1 atom stereocenters. The fraction of sp³-hybridized carbons (Fsp3) is 0.500. The van der Waals surface area contributed by atoms with E-state index < -0.39 is 11.7 Å². The zero-order valence-electron chi connectivity index (χ0n) is 11.3. The van der Waals surface area contributed by atoms with Gasteiger partial charge in [-0.1, -0.05) is 0 Å². The summed E-state index contributed by atoms with van der Waals surface area (Å²) < 4.78 is 40.2. The molecule has 1 aromatic heterocycles. The third-order valence-corrected chi connectivity index (χ3v) is 3.80. The lowest BCUT2D eigenvalue weighted by Gasteiger charge is -2.13. The normalized spacial score (nSPS) is 19.5. The number of benzene rings is 1. The van der Waals surface area contributed by atoms with Crippen LogP contribution < -0.4 is 5.32 Å². The van der Waals surface area contributed by atoms with Gasteiger partial charge in [0, 0.05) is 6.54 Å². The number of nitrogens with zero attached hydrogens (tertiary/aromatic N) is 2. The fourth-order valence-corrected chi connectivity index (χ4v) is 2.83. The molecule has 1 aliphatic heterocycles. The van der Waals surface area contributed by atoms with E-state index in [1.54, 1.807) is 4.57 Å². The Morgan fingerprint density at radius 2 is 2.19 bits per heavy atom. The minimum absolute atomic E-state index is 0.0401. The Morgan fingerprint density at radius 3 is 2.81 bits per heavy atom. The smallest absolute Gasteiger partial charge is 0.395 e. The number of imidazole rings is 1. The predicted octanol–water partition coefficient (Wildman–Crippen LogP) is 2.47. The summed E-state index contributed by atoms with van der Waals surface area (Å²) in [5, 5.41) is 12.5. The number of aliphatic hydroxyl groups excluding tert-OH is 1. The lowest BCUT2D eigenvalue weighted by Crippen LogP contribution is -2.19. The largest absolute Gasteiger partial charge is 0.416 e. The summed E-state index contributed by atoms with van der Waals surface area (Å²) in [4.78, 5) is 4.38. The number of aromatic nitrogens is 2. The highest BCUT2D eigenvalue weighted by Gasteiger charge is 2.31. The Bertz CT molecular complexity index is 645. The molecule has 21 heavy (non-hydrogen) atoms. The molecule has 0 aliphatic carbocycles. The third-order valence-electron chi connectivity index (χ3n) is 3.80. The number of alkyl halides is 3. The molecule has 0 amide bonds. The molecule has 2 N–H and O–H groups in total. The van der Waals surface area contributed by atoms with E-state index in [0.717, 1.165) is 31.5 Å². The number of fused-ring (bicyclic) bond motifs is 1. The van der Waals surface area contributed by atoms with Crippen molar-refractivity contribution in [1.82, 2.24) is 14.9 Å². The Hall–Kier alpha value is -1.60. The lowest BCUT2D eigenvalue weighted by molar-refractivity contribution is -0.137. The van der Waals surface area contributed by atoms with E-state index in [2.05, 4.69) is 10.3 Å². The summed E-state index contributed by atoms with van der Waals surface area (Å²) in [7, 11) is 0. The van der Waals surface area contributed by atoms with Crippen LogP contribution in [0.4, 0.5) is 13.2 Å². The Morgan fingerprint density at radius 1 is 1.38 bits per heavy atom. The molecule has 2 aromatic rings. The molecule has 7 heteroatoms. The standard InChI is InChI=1S/C14H16F3N3O/c15-14(16,17)9-3-4-12-11(8-9)19-13(20(12)6-7-21)10-2-1-5-18-10/h3-4,8,10,18,21H,1-2,5-7H2.